The Kier molecular flexibility index (Phi) is 5.49. The number of likely N-dealkylation sites (tertiary alicyclic amines) is 1. The molecule has 0 aliphatic carbocycles. The third-order valence-electron chi connectivity index (χ3n) is 4.57. The molecule has 0 aromatic heterocycles. The van der Waals surface area contributed by atoms with E-state index in [9.17, 15) is 4.79 Å². The summed E-state index contributed by atoms with van der Waals surface area (Å²) < 4.78 is 5.13. The van der Waals surface area contributed by atoms with E-state index in [-0.39, 0.29) is 11.9 Å². The molecule has 2 aromatic rings. The van der Waals surface area contributed by atoms with Gasteiger partial charge in [0.15, 0.2) is 0 Å². The lowest BCUT2D eigenvalue weighted by Crippen LogP contribution is -2.36. The van der Waals surface area contributed by atoms with Crippen molar-refractivity contribution in [2.75, 3.05) is 26.7 Å². The molecule has 1 aliphatic heterocycles. The van der Waals surface area contributed by atoms with E-state index in [1.807, 2.05) is 18.2 Å². The number of nitrogens with one attached hydrogen (secondary N) is 1. The van der Waals surface area contributed by atoms with Crippen molar-refractivity contribution in [1.82, 2.24) is 10.2 Å². The van der Waals surface area contributed by atoms with Gasteiger partial charge in [-0.25, -0.2) is 0 Å². The number of hydrogen-bond donors (Lipinski definition) is 1. The molecule has 0 saturated carbocycles. The first-order chi connectivity index (χ1) is 11.8. The predicted molar refractivity (Wildman–Crippen MR) is 95.3 cm³/mol. The third kappa shape index (κ3) is 3.95. The summed E-state index contributed by atoms with van der Waals surface area (Å²) >= 11 is 0. The van der Waals surface area contributed by atoms with Crippen LogP contribution in [-0.2, 0) is 0 Å². The fraction of sp³-hybridized carbons (Fsp3) is 0.350. The number of methoxy groups -OCH3 is 1. The number of carbonyl (C=O) groups excluding carboxylic acids is 1. The van der Waals surface area contributed by atoms with E-state index in [0.717, 1.165) is 18.8 Å². The SMILES string of the molecule is COc1ccc(C(=O)NCC(c2ccccc2)N2CCCC2)cc1. The average Bonchev–Trinajstić information content (AvgIpc) is 3.17. The van der Waals surface area contributed by atoms with Crippen molar-refractivity contribution in [3.63, 3.8) is 0 Å². The predicted octanol–water partition coefficient (Wildman–Crippen LogP) is 3.26. The minimum Gasteiger partial charge on any atom is -0.497 e. The minimum absolute atomic E-state index is 0.0437. The maximum atomic E-state index is 12.4. The highest BCUT2D eigenvalue weighted by atomic mass is 16.5. The van der Waals surface area contributed by atoms with E-state index in [1.165, 1.54) is 18.4 Å². The number of amides is 1. The van der Waals surface area contributed by atoms with E-state index in [0.29, 0.717) is 12.1 Å². The lowest BCUT2D eigenvalue weighted by atomic mass is 10.1. The summed E-state index contributed by atoms with van der Waals surface area (Å²) in [7, 11) is 1.62. The molecule has 24 heavy (non-hydrogen) atoms. The number of hydrogen-bond acceptors (Lipinski definition) is 3. The van der Waals surface area contributed by atoms with Crippen molar-refractivity contribution >= 4 is 5.91 Å². The first-order valence-electron chi connectivity index (χ1n) is 8.49. The van der Waals surface area contributed by atoms with Gasteiger partial charge in [0.25, 0.3) is 5.91 Å². The third-order valence-corrected chi connectivity index (χ3v) is 4.57. The zero-order valence-corrected chi connectivity index (χ0v) is 14.1. The first-order valence-corrected chi connectivity index (χ1v) is 8.49. The fourth-order valence-corrected chi connectivity index (χ4v) is 3.22. The van der Waals surface area contributed by atoms with Crippen LogP contribution in [-0.4, -0.2) is 37.6 Å². The Morgan fingerprint density at radius 2 is 1.75 bits per heavy atom. The van der Waals surface area contributed by atoms with Crippen LogP contribution in [0, 0.1) is 0 Å². The molecule has 3 rings (SSSR count). The van der Waals surface area contributed by atoms with Crippen molar-refractivity contribution in [1.29, 1.82) is 0 Å². The van der Waals surface area contributed by atoms with Crippen molar-refractivity contribution in [3.8, 4) is 5.75 Å². The molecule has 1 aliphatic rings. The number of nitrogens with zero attached hydrogens (tertiary/aromatic N) is 1. The van der Waals surface area contributed by atoms with Crippen LogP contribution in [0.3, 0.4) is 0 Å². The second kappa shape index (κ2) is 7.97. The summed E-state index contributed by atoms with van der Waals surface area (Å²) in [5.74, 6) is 0.712. The highest BCUT2D eigenvalue weighted by Crippen LogP contribution is 2.24. The number of rotatable bonds is 6. The summed E-state index contributed by atoms with van der Waals surface area (Å²) in [4.78, 5) is 14.9. The second-order valence-electron chi connectivity index (χ2n) is 6.11. The van der Waals surface area contributed by atoms with Crippen LogP contribution in [0.15, 0.2) is 54.6 Å². The fourth-order valence-electron chi connectivity index (χ4n) is 3.22. The Labute approximate surface area is 143 Å². The highest BCUT2D eigenvalue weighted by molar-refractivity contribution is 5.94. The normalized spacial score (nSPS) is 15.9. The Hall–Kier alpha value is -2.33. The van der Waals surface area contributed by atoms with E-state index in [1.54, 1.807) is 19.2 Å². The lowest BCUT2D eigenvalue weighted by molar-refractivity contribution is 0.0938. The topological polar surface area (TPSA) is 41.6 Å². The van der Waals surface area contributed by atoms with Gasteiger partial charge in [-0.05, 0) is 55.8 Å². The van der Waals surface area contributed by atoms with Crippen molar-refractivity contribution in [2.24, 2.45) is 0 Å². The smallest absolute Gasteiger partial charge is 0.251 e. The number of ether oxygens (including phenoxy) is 1. The maximum Gasteiger partial charge on any atom is 0.251 e. The molecular formula is C20H24N2O2. The van der Waals surface area contributed by atoms with Gasteiger partial charge < -0.3 is 10.1 Å². The van der Waals surface area contributed by atoms with Gasteiger partial charge in [0.05, 0.1) is 13.2 Å². The van der Waals surface area contributed by atoms with Gasteiger partial charge in [-0.3, -0.25) is 9.69 Å². The summed E-state index contributed by atoms with van der Waals surface area (Å²) in [6, 6.07) is 17.9. The lowest BCUT2D eigenvalue weighted by Gasteiger charge is -2.28. The molecule has 0 radical (unpaired) electrons. The van der Waals surface area contributed by atoms with Crippen molar-refractivity contribution in [3.05, 3.63) is 65.7 Å². The van der Waals surface area contributed by atoms with Gasteiger partial charge in [-0.2, -0.15) is 0 Å². The van der Waals surface area contributed by atoms with E-state index >= 15 is 0 Å². The van der Waals surface area contributed by atoms with Crippen LogP contribution in [0.5, 0.6) is 5.75 Å². The molecular weight excluding hydrogens is 300 g/mol. The Balaban J connectivity index is 1.67. The van der Waals surface area contributed by atoms with Crippen LogP contribution in [0.2, 0.25) is 0 Å². The molecule has 1 atom stereocenters. The van der Waals surface area contributed by atoms with Gasteiger partial charge >= 0.3 is 0 Å². The molecule has 1 fully saturated rings. The molecule has 0 spiro atoms. The highest BCUT2D eigenvalue weighted by Gasteiger charge is 2.23. The Morgan fingerprint density at radius 3 is 2.38 bits per heavy atom. The Morgan fingerprint density at radius 1 is 1.08 bits per heavy atom. The largest absolute Gasteiger partial charge is 0.497 e. The molecule has 1 amide bonds. The van der Waals surface area contributed by atoms with Gasteiger partial charge in [-0.15, -0.1) is 0 Å². The zero-order chi connectivity index (χ0) is 16.8. The van der Waals surface area contributed by atoms with Crippen LogP contribution in [0.4, 0.5) is 0 Å². The van der Waals surface area contributed by atoms with Gasteiger partial charge in [0.2, 0.25) is 0 Å². The first kappa shape index (κ1) is 16.5. The van der Waals surface area contributed by atoms with E-state index < -0.39 is 0 Å². The molecule has 1 heterocycles. The van der Waals surface area contributed by atoms with Gasteiger partial charge in [-0.1, -0.05) is 30.3 Å². The molecule has 1 N–H and O–H groups in total. The molecule has 126 valence electrons. The zero-order valence-electron chi connectivity index (χ0n) is 14.1. The van der Waals surface area contributed by atoms with Crippen LogP contribution in [0.1, 0.15) is 34.8 Å². The second-order valence-corrected chi connectivity index (χ2v) is 6.11. The van der Waals surface area contributed by atoms with Crippen LogP contribution in [0.25, 0.3) is 0 Å². The molecule has 1 saturated heterocycles. The van der Waals surface area contributed by atoms with Gasteiger partial charge in [0.1, 0.15) is 5.75 Å². The Bertz CT molecular complexity index is 649. The molecule has 2 aromatic carbocycles. The van der Waals surface area contributed by atoms with Crippen LogP contribution >= 0.6 is 0 Å². The van der Waals surface area contributed by atoms with Crippen molar-refractivity contribution in [2.45, 2.75) is 18.9 Å². The number of benzene rings is 2. The van der Waals surface area contributed by atoms with Gasteiger partial charge in [0, 0.05) is 12.1 Å². The summed E-state index contributed by atoms with van der Waals surface area (Å²) in [5, 5.41) is 3.09. The summed E-state index contributed by atoms with van der Waals surface area (Å²) in [5.41, 5.74) is 1.92. The standard InChI is InChI=1S/C20H24N2O2/c1-24-18-11-9-17(10-12-18)20(23)21-15-19(22-13-5-6-14-22)16-7-3-2-4-8-16/h2-4,7-12,19H,5-6,13-15H2,1H3,(H,21,23). The van der Waals surface area contributed by atoms with Crippen LogP contribution < -0.4 is 10.1 Å². The minimum atomic E-state index is -0.0437. The summed E-state index contributed by atoms with van der Waals surface area (Å²) in [6.45, 7) is 2.81. The monoisotopic (exact) mass is 324 g/mol. The number of carbonyl (C=O) groups is 1. The van der Waals surface area contributed by atoms with E-state index in [4.69, 9.17) is 4.74 Å². The summed E-state index contributed by atoms with van der Waals surface area (Å²) in [6.07, 6.45) is 2.46. The maximum absolute atomic E-state index is 12.4. The average molecular weight is 324 g/mol. The molecule has 0 bridgehead atoms. The molecule has 4 nitrogen and oxygen atoms in total. The molecule has 4 heteroatoms. The molecule has 1 unspecified atom stereocenters. The quantitative estimate of drug-likeness (QED) is 0.887. The van der Waals surface area contributed by atoms with Crippen molar-refractivity contribution < 1.29 is 9.53 Å². The van der Waals surface area contributed by atoms with E-state index in [2.05, 4.69) is 34.5 Å².